The Labute approximate surface area is 185 Å². The van der Waals surface area contributed by atoms with Crippen molar-refractivity contribution in [2.45, 2.75) is 58.8 Å². The van der Waals surface area contributed by atoms with Gasteiger partial charge in [0.15, 0.2) is 0 Å². The summed E-state index contributed by atoms with van der Waals surface area (Å²) >= 11 is 1.83. The van der Waals surface area contributed by atoms with Crippen molar-refractivity contribution in [3.05, 3.63) is 71.8 Å². The highest BCUT2D eigenvalue weighted by Gasteiger charge is 2.06. The van der Waals surface area contributed by atoms with Crippen LogP contribution in [0.25, 0.3) is 21.7 Å². The van der Waals surface area contributed by atoms with Crippen LogP contribution in [0.3, 0.4) is 0 Å². The number of thiazole rings is 1. The van der Waals surface area contributed by atoms with Crippen LogP contribution in [0.4, 0.5) is 0 Å². The van der Waals surface area contributed by atoms with E-state index in [1.165, 1.54) is 60.1 Å². The Hall–Kier alpha value is -2.39. The average molecular weight is 420 g/mol. The normalized spacial score (nSPS) is 11.3. The fourth-order valence-corrected chi connectivity index (χ4v) is 4.39. The van der Waals surface area contributed by atoms with Crippen molar-refractivity contribution in [2.24, 2.45) is 0 Å². The Balaban J connectivity index is 1.53. The van der Waals surface area contributed by atoms with Crippen molar-refractivity contribution in [1.82, 2.24) is 4.98 Å². The molecule has 0 saturated carbocycles. The fraction of sp³-hybridized carbons (Fsp3) is 0.370. The van der Waals surface area contributed by atoms with E-state index in [0.717, 1.165) is 17.2 Å². The molecule has 0 bridgehead atoms. The molecule has 0 fully saturated rings. The molecule has 2 aromatic carbocycles. The van der Waals surface area contributed by atoms with Crippen LogP contribution in [0.1, 0.15) is 57.2 Å². The number of aryl methyl sites for hydroxylation is 1. The summed E-state index contributed by atoms with van der Waals surface area (Å²) in [6, 6.07) is 17.0. The molecule has 0 amide bonds. The number of rotatable bonds is 12. The van der Waals surface area contributed by atoms with Gasteiger partial charge in [0.25, 0.3) is 0 Å². The van der Waals surface area contributed by atoms with Crippen molar-refractivity contribution >= 4 is 11.3 Å². The molecule has 0 aliphatic carbocycles. The van der Waals surface area contributed by atoms with E-state index >= 15 is 0 Å². The van der Waals surface area contributed by atoms with Gasteiger partial charge in [-0.3, -0.25) is 0 Å². The van der Waals surface area contributed by atoms with Crippen molar-refractivity contribution in [3.8, 4) is 27.4 Å². The van der Waals surface area contributed by atoms with Gasteiger partial charge in [0.1, 0.15) is 17.4 Å². The van der Waals surface area contributed by atoms with Gasteiger partial charge < -0.3 is 4.74 Å². The second kappa shape index (κ2) is 12.3. The predicted molar refractivity (Wildman–Crippen MR) is 130 cm³/mol. The quantitative estimate of drug-likeness (QED) is 0.217. The van der Waals surface area contributed by atoms with Gasteiger partial charge in [-0.15, -0.1) is 11.3 Å². The molecule has 0 radical (unpaired) electrons. The fourth-order valence-electron chi connectivity index (χ4n) is 3.43. The van der Waals surface area contributed by atoms with Gasteiger partial charge in [0.2, 0.25) is 0 Å². The van der Waals surface area contributed by atoms with Crippen LogP contribution in [0.5, 0.6) is 5.75 Å². The average Bonchev–Trinajstić information content (AvgIpc) is 3.26. The third-order valence-electron chi connectivity index (χ3n) is 5.23. The molecule has 3 rings (SSSR count). The van der Waals surface area contributed by atoms with Crippen LogP contribution in [0.2, 0.25) is 0 Å². The molecule has 3 aromatic rings. The first-order chi connectivity index (χ1) is 14.8. The second-order valence-corrected chi connectivity index (χ2v) is 8.75. The number of nitrogens with zero attached hydrogens (tertiary/aromatic N) is 1. The van der Waals surface area contributed by atoms with E-state index in [-0.39, 0.29) is 0 Å². The highest BCUT2D eigenvalue weighted by molar-refractivity contribution is 7.15. The maximum absolute atomic E-state index is 5.68. The minimum Gasteiger partial charge on any atom is -0.490 e. The summed E-state index contributed by atoms with van der Waals surface area (Å²) in [6.07, 6.45) is 15.3. The van der Waals surface area contributed by atoms with Crippen LogP contribution < -0.4 is 4.74 Å². The zero-order chi connectivity index (χ0) is 21.0. The molecule has 0 aliphatic rings. The Kier molecular flexibility index (Phi) is 9.17. The van der Waals surface area contributed by atoms with Gasteiger partial charge in [-0.25, -0.2) is 4.98 Å². The number of unbranched alkanes of at least 4 members (excludes halogenated alkanes) is 5. The lowest BCUT2D eigenvalue weighted by Gasteiger charge is -2.06. The van der Waals surface area contributed by atoms with E-state index in [0.29, 0.717) is 6.61 Å². The van der Waals surface area contributed by atoms with Gasteiger partial charge in [0.05, 0.1) is 0 Å². The summed E-state index contributed by atoms with van der Waals surface area (Å²) < 4.78 is 5.68. The summed E-state index contributed by atoms with van der Waals surface area (Å²) in [5.41, 5.74) is 3.61. The molecule has 1 heterocycles. The molecule has 1 aromatic heterocycles. The SMILES string of the molecule is C/C=C/COc1ccc(-c2ccc(-c3ncc(CCCCCCCC)s3)cc2)cc1. The van der Waals surface area contributed by atoms with E-state index in [9.17, 15) is 0 Å². The Bertz CT molecular complexity index is 893. The molecule has 0 N–H and O–H groups in total. The molecule has 30 heavy (non-hydrogen) atoms. The minimum absolute atomic E-state index is 0.610. The Morgan fingerprint density at radius 3 is 2.17 bits per heavy atom. The van der Waals surface area contributed by atoms with Crippen molar-refractivity contribution in [3.63, 3.8) is 0 Å². The standard InChI is InChI=1S/C27H33NOS/c1-3-5-7-8-9-10-11-26-21-28-27(30-26)24-14-12-22(13-15-24)23-16-18-25(19-17-23)29-20-6-4-2/h4,6,12-19,21H,3,5,7-11,20H2,1-2H3/b6-4+. The van der Waals surface area contributed by atoms with Crippen LogP contribution in [0.15, 0.2) is 66.9 Å². The van der Waals surface area contributed by atoms with Gasteiger partial charge in [-0.2, -0.15) is 0 Å². The Morgan fingerprint density at radius 2 is 1.47 bits per heavy atom. The third kappa shape index (κ3) is 6.84. The lowest BCUT2D eigenvalue weighted by molar-refractivity contribution is 0.363. The summed E-state index contributed by atoms with van der Waals surface area (Å²) in [7, 11) is 0. The van der Waals surface area contributed by atoms with E-state index in [1.807, 2.05) is 42.5 Å². The molecule has 158 valence electrons. The number of allylic oxidation sites excluding steroid dienone is 1. The lowest BCUT2D eigenvalue weighted by atomic mass is 10.0. The molecule has 0 spiro atoms. The van der Waals surface area contributed by atoms with Crippen molar-refractivity contribution < 1.29 is 4.74 Å². The summed E-state index contributed by atoms with van der Waals surface area (Å²) in [4.78, 5) is 6.06. The van der Waals surface area contributed by atoms with E-state index in [2.05, 4.69) is 54.5 Å². The number of aromatic nitrogens is 1. The van der Waals surface area contributed by atoms with Crippen LogP contribution in [-0.2, 0) is 6.42 Å². The summed E-state index contributed by atoms with van der Waals surface area (Å²) in [6.45, 7) is 4.88. The smallest absolute Gasteiger partial charge is 0.123 e. The molecule has 0 unspecified atom stereocenters. The number of hydrogen-bond acceptors (Lipinski definition) is 3. The highest BCUT2D eigenvalue weighted by Crippen LogP contribution is 2.29. The predicted octanol–water partition coefficient (Wildman–Crippen LogP) is 8.34. The first kappa shape index (κ1) is 22.3. The third-order valence-corrected chi connectivity index (χ3v) is 6.34. The maximum Gasteiger partial charge on any atom is 0.123 e. The summed E-state index contributed by atoms with van der Waals surface area (Å²) in [5, 5.41) is 1.12. The van der Waals surface area contributed by atoms with Crippen LogP contribution >= 0.6 is 11.3 Å². The molecule has 3 heteroatoms. The van der Waals surface area contributed by atoms with E-state index in [1.54, 1.807) is 0 Å². The first-order valence-corrected chi connectivity index (χ1v) is 12.0. The zero-order valence-electron chi connectivity index (χ0n) is 18.3. The molecule has 0 saturated heterocycles. The van der Waals surface area contributed by atoms with Crippen LogP contribution in [-0.4, -0.2) is 11.6 Å². The lowest BCUT2D eigenvalue weighted by Crippen LogP contribution is -1.92. The molecular weight excluding hydrogens is 386 g/mol. The number of ether oxygens (including phenoxy) is 1. The largest absolute Gasteiger partial charge is 0.490 e. The van der Waals surface area contributed by atoms with E-state index in [4.69, 9.17) is 4.74 Å². The molecule has 0 atom stereocenters. The number of benzene rings is 2. The molecular formula is C27H33NOS. The van der Waals surface area contributed by atoms with Gasteiger partial charge >= 0.3 is 0 Å². The Morgan fingerprint density at radius 1 is 0.833 bits per heavy atom. The number of hydrogen-bond donors (Lipinski definition) is 0. The van der Waals surface area contributed by atoms with E-state index < -0.39 is 0 Å². The topological polar surface area (TPSA) is 22.1 Å². The molecule has 0 aliphatic heterocycles. The monoisotopic (exact) mass is 419 g/mol. The van der Waals surface area contributed by atoms with Crippen molar-refractivity contribution in [1.29, 1.82) is 0 Å². The van der Waals surface area contributed by atoms with Gasteiger partial charge in [-0.05, 0) is 43.0 Å². The zero-order valence-corrected chi connectivity index (χ0v) is 19.1. The van der Waals surface area contributed by atoms with Gasteiger partial charge in [0, 0.05) is 16.6 Å². The highest BCUT2D eigenvalue weighted by atomic mass is 32.1. The summed E-state index contributed by atoms with van der Waals surface area (Å²) in [5.74, 6) is 0.897. The van der Waals surface area contributed by atoms with Crippen molar-refractivity contribution in [2.75, 3.05) is 6.61 Å². The maximum atomic E-state index is 5.68. The first-order valence-electron chi connectivity index (χ1n) is 11.2. The van der Waals surface area contributed by atoms with Crippen LogP contribution in [0, 0.1) is 0 Å². The van der Waals surface area contributed by atoms with Gasteiger partial charge in [-0.1, -0.05) is 87.6 Å². The molecule has 2 nitrogen and oxygen atoms in total. The minimum atomic E-state index is 0.610. The second-order valence-electron chi connectivity index (χ2n) is 7.63.